The number of amides is 2. The molecule has 8 heteroatoms. The third-order valence-corrected chi connectivity index (χ3v) is 2.69. The minimum atomic E-state index is -1.99. The first kappa shape index (κ1) is 18.8. The molecule has 0 saturated carbocycles. The largest absolute Gasteiger partial charge is 0.480 e. The molecule has 6 N–H and O–H groups in total. The summed E-state index contributed by atoms with van der Waals surface area (Å²) in [6.07, 6.45) is 1.77. The van der Waals surface area contributed by atoms with Gasteiger partial charge < -0.3 is 21.9 Å². The van der Waals surface area contributed by atoms with Crippen LogP contribution in [-0.4, -0.2) is 40.3 Å². The highest BCUT2D eigenvalue weighted by Gasteiger charge is 2.37. The summed E-state index contributed by atoms with van der Waals surface area (Å²) < 4.78 is 0. The van der Waals surface area contributed by atoms with Crippen molar-refractivity contribution in [3.8, 4) is 0 Å². The number of nitrogens with two attached hydrogens (primary N) is 2. The highest BCUT2D eigenvalue weighted by atomic mass is 16.4. The summed E-state index contributed by atoms with van der Waals surface area (Å²) in [7, 11) is 0. The van der Waals surface area contributed by atoms with Crippen LogP contribution >= 0.6 is 0 Å². The Morgan fingerprint density at radius 1 is 1.24 bits per heavy atom. The number of ketones is 1. The Hall–Kier alpha value is -2.22. The average molecular weight is 299 g/mol. The molecule has 0 bridgehead atoms. The zero-order valence-corrected chi connectivity index (χ0v) is 12.3. The van der Waals surface area contributed by atoms with Crippen LogP contribution in [-0.2, 0) is 19.2 Å². The number of primary amides is 1. The number of hydrogen-bond donors (Lipinski definition) is 4. The number of carboxylic acids is 1. The van der Waals surface area contributed by atoms with Gasteiger partial charge in [0.25, 0.3) is 0 Å². The van der Waals surface area contributed by atoms with Crippen molar-refractivity contribution in [2.45, 2.75) is 38.8 Å². The maximum absolute atomic E-state index is 12.0. The van der Waals surface area contributed by atoms with Gasteiger partial charge in [-0.3, -0.25) is 14.4 Å². The van der Waals surface area contributed by atoms with E-state index in [2.05, 4.69) is 5.32 Å². The first-order valence-electron chi connectivity index (χ1n) is 6.33. The van der Waals surface area contributed by atoms with Crippen molar-refractivity contribution in [1.82, 2.24) is 5.32 Å². The van der Waals surface area contributed by atoms with Crippen LogP contribution in [0, 0.1) is 5.92 Å². The van der Waals surface area contributed by atoms with Crippen LogP contribution in [0.4, 0.5) is 0 Å². The lowest BCUT2D eigenvalue weighted by Gasteiger charge is -2.24. The van der Waals surface area contributed by atoms with Gasteiger partial charge in [-0.15, -0.1) is 0 Å². The molecule has 0 spiro atoms. The molecule has 118 valence electrons. The first-order valence-corrected chi connectivity index (χ1v) is 6.33. The second kappa shape index (κ2) is 7.53. The summed E-state index contributed by atoms with van der Waals surface area (Å²) in [5.74, 6) is -3.83. The predicted molar refractivity (Wildman–Crippen MR) is 75.0 cm³/mol. The number of rotatable bonds is 8. The molecule has 0 radical (unpaired) electrons. The number of carbonyl (C=O) groups excluding carboxylic acids is 3. The van der Waals surface area contributed by atoms with Crippen molar-refractivity contribution in [3.05, 3.63) is 12.2 Å². The summed E-state index contributed by atoms with van der Waals surface area (Å²) in [6, 6.07) is -1.15. The fraction of sp³-hybridized carbons (Fsp3) is 0.538. The van der Waals surface area contributed by atoms with Gasteiger partial charge in [-0.1, -0.05) is 13.8 Å². The number of hydrogen-bond acceptors (Lipinski definition) is 5. The molecule has 0 aliphatic rings. The molecule has 0 unspecified atom stereocenters. The molecule has 0 saturated heterocycles. The average Bonchev–Trinajstić information content (AvgIpc) is 2.33. The monoisotopic (exact) mass is 299 g/mol. The van der Waals surface area contributed by atoms with Crippen molar-refractivity contribution in [2.24, 2.45) is 17.4 Å². The van der Waals surface area contributed by atoms with Crippen LogP contribution in [0.1, 0.15) is 27.2 Å². The Morgan fingerprint density at radius 3 is 2.14 bits per heavy atom. The van der Waals surface area contributed by atoms with E-state index in [1.165, 1.54) is 0 Å². The molecular formula is C13H21N3O5. The van der Waals surface area contributed by atoms with Gasteiger partial charge in [0.1, 0.15) is 6.04 Å². The number of carboxylic acid groups (broad SMARTS) is 1. The van der Waals surface area contributed by atoms with E-state index in [4.69, 9.17) is 16.6 Å². The number of aliphatic carboxylic acids is 1. The molecule has 8 nitrogen and oxygen atoms in total. The lowest BCUT2D eigenvalue weighted by atomic mass is 9.94. The molecule has 0 aromatic carbocycles. The molecule has 2 atom stereocenters. The molecule has 0 aliphatic heterocycles. The van der Waals surface area contributed by atoms with Gasteiger partial charge in [0.2, 0.25) is 11.8 Å². The zero-order valence-electron chi connectivity index (χ0n) is 12.3. The van der Waals surface area contributed by atoms with Crippen LogP contribution in [0.5, 0.6) is 0 Å². The van der Waals surface area contributed by atoms with E-state index in [-0.39, 0.29) is 12.3 Å². The molecule has 0 aliphatic carbocycles. The second-order valence-electron chi connectivity index (χ2n) is 5.30. The Labute approximate surface area is 122 Å². The van der Waals surface area contributed by atoms with Crippen molar-refractivity contribution in [3.63, 3.8) is 0 Å². The third kappa shape index (κ3) is 6.17. The summed E-state index contributed by atoms with van der Waals surface area (Å²) in [4.78, 5) is 45.4. The zero-order chi connectivity index (χ0) is 16.8. The third-order valence-electron chi connectivity index (χ3n) is 2.69. The fourth-order valence-electron chi connectivity index (χ4n) is 1.44. The minimum Gasteiger partial charge on any atom is -0.480 e. The molecular weight excluding hydrogens is 278 g/mol. The summed E-state index contributed by atoms with van der Waals surface area (Å²) in [5.41, 5.74) is 8.46. The van der Waals surface area contributed by atoms with E-state index >= 15 is 0 Å². The van der Waals surface area contributed by atoms with E-state index in [0.29, 0.717) is 0 Å². The smallest absolute Gasteiger partial charge is 0.326 e. The van der Waals surface area contributed by atoms with Crippen LogP contribution < -0.4 is 16.8 Å². The fourth-order valence-corrected chi connectivity index (χ4v) is 1.44. The van der Waals surface area contributed by atoms with Crippen LogP contribution in [0.25, 0.3) is 0 Å². The minimum absolute atomic E-state index is 0.0286. The maximum atomic E-state index is 12.0. The lowest BCUT2D eigenvalue weighted by Crippen LogP contribution is -2.59. The topological polar surface area (TPSA) is 153 Å². The van der Waals surface area contributed by atoms with E-state index < -0.39 is 35.1 Å². The summed E-state index contributed by atoms with van der Waals surface area (Å²) in [6.45, 7) is 4.72. The molecule has 2 amide bonds. The van der Waals surface area contributed by atoms with Crippen LogP contribution in [0.2, 0.25) is 0 Å². The normalized spacial score (nSPS) is 15.5. The van der Waals surface area contributed by atoms with Crippen molar-refractivity contribution < 1.29 is 24.3 Å². The van der Waals surface area contributed by atoms with E-state index in [9.17, 15) is 19.2 Å². The quantitative estimate of drug-likeness (QED) is 0.330. The molecule has 0 fully saturated rings. The van der Waals surface area contributed by atoms with Crippen LogP contribution in [0.15, 0.2) is 12.2 Å². The first-order chi connectivity index (χ1) is 9.48. The maximum Gasteiger partial charge on any atom is 0.326 e. The second-order valence-corrected chi connectivity index (χ2v) is 5.30. The number of nitrogens with one attached hydrogen (secondary N) is 1. The molecule has 0 aromatic rings. The molecule has 0 aromatic heterocycles. The molecule has 0 rings (SSSR count). The standard InChI is InChI=1S/C13H21N3O5/c1-7(2)6-8(11(19)20)16-12(21)13(3,15)9(17)4-5-10(14)18/h4-5,7-8H,6,15H2,1-3H3,(H2,14,18)(H,16,21)(H,19,20)/b5-4+/t8-,13-/m0/s1. The van der Waals surface area contributed by atoms with Gasteiger partial charge in [0.15, 0.2) is 11.3 Å². The number of carbonyl (C=O) groups is 4. The lowest BCUT2D eigenvalue weighted by molar-refractivity contribution is -0.144. The highest BCUT2D eigenvalue weighted by molar-refractivity contribution is 6.16. The van der Waals surface area contributed by atoms with E-state index in [1.807, 2.05) is 0 Å². The van der Waals surface area contributed by atoms with Gasteiger partial charge >= 0.3 is 5.97 Å². The molecule has 0 heterocycles. The van der Waals surface area contributed by atoms with Gasteiger partial charge in [0.05, 0.1) is 0 Å². The predicted octanol–water partition coefficient (Wildman–Crippen LogP) is -1.07. The van der Waals surface area contributed by atoms with Crippen LogP contribution in [0.3, 0.4) is 0 Å². The van der Waals surface area contributed by atoms with E-state index in [0.717, 1.165) is 19.1 Å². The Morgan fingerprint density at radius 2 is 1.76 bits per heavy atom. The van der Waals surface area contributed by atoms with Gasteiger partial charge in [-0.2, -0.15) is 0 Å². The van der Waals surface area contributed by atoms with Gasteiger partial charge in [-0.25, -0.2) is 4.79 Å². The van der Waals surface area contributed by atoms with Gasteiger partial charge in [0, 0.05) is 6.08 Å². The van der Waals surface area contributed by atoms with E-state index in [1.54, 1.807) is 13.8 Å². The van der Waals surface area contributed by atoms with Gasteiger partial charge in [-0.05, 0) is 25.3 Å². The highest BCUT2D eigenvalue weighted by Crippen LogP contribution is 2.08. The Kier molecular flexibility index (Phi) is 6.74. The Balaban J connectivity index is 4.99. The molecule has 21 heavy (non-hydrogen) atoms. The van der Waals surface area contributed by atoms with Crippen molar-refractivity contribution in [2.75, 3.05) is 0 Å². The summed E-state index contributed by atoms with van der Waals surface area (Å²) in [5, 5.41) is 11.3. The SMILES string of the molecule is CC(C)C[C@H](NC(=O)[C@@](C)(N)C(=O)/C=C/C(N)=O)C(=O)O. The van der Waals surface area contributed by atoms with Crippen molar-refractivity contribution in [1.29, 1.82) is 0 Å². The summed E-state index contributed by atoms with van der Waals surface area (Å²) >= 11 is 0. The Bertz CT molecular complexity index is 468. The van der Waals surface area contributed by atoms with Crippen molar-refractivity contribution >= 4 is 23.6 Å².